The van der Waals surface area contributed by atoms with E-state index in [4.69, 9.17) is 29.4 Å². The average Bonchev–Trinajstić information content (AvgIpc) is 4.04. The van der Waals surface area contributed by atoms with Crippen LogP contribution in [0.25, 0.3) is 10.9 Å². The summed E-state index contributed by atoms with van der Waals surface area (Å²) in [7, 11) is 1.63. The van der Waals surface area contributed by atoms with E-state index < -0.39 is 65.9 Å². The fourth-order valence-electron chi connectivity index (χ4n) is 7.85. The normalized spacial score (nSPS) is 27.5. The molecule has 15 heteroatoms. The van der Waals surface area contributed by atoms with Crippen molar-refractivity contribution in [2.75, 3.05) is 32.3 Å². The number of nitrogens with two attached hydrogens (primary N) is 1. The fourth-order valence-corrected chi connectivity index (χ4v) is 8.34. The number of esters is 1. The summed E-state index contributed by atoms with van der Waals surface area (Å²) in [5.74, 6) is -1.26. The number of aromatic amines is 1. The summed E-state index contributed by atoms with van der Waals surface area (Å²) < 4.78 is 30.0. The van der Waals surface area contributed by atoms with Gasteiger partial charge in [0.2, 0.25) is 11.8 Å². The molecule has 3 aliphatic rings. The molecule has 3 fully saturated rings. The predicted molar refractivity (Wildman–Crippen MR) is 215 cm³/mol. The third-order valence-electron chi connectivity index (χ3n) is 11.4. The Labute approximate surface area is 334 Å². The third kappa shape index (κ3) is 10.5. The maximum atomic E-state index is 13.6. The Balaban J connectivity index is 1.16. The highest BCUT2D eigenvalue weighted by Gasteiger charge is 2.72. The van der Waals surface area contributed by atoms with Gasteiger partial charge < -0.3 is 50.4 Å². The topological polar surface area (TPSA) is 199 Å². The zero-order chi connectivity index (χ0) is 40.8. The molecule has 2 saturated heterocycles. The molecule has 3 heterocycles. The van der Waals surface area contributed by atoms with Gasteiger partial charge in [0.25, 0.3) is 0 Å². The first-order chi connectivity index (χ1) is 26.6. The van der Waals surface area contributed by atoms with Crippen LogP contribution < -0.4 is 21.7 Å². The smallest absolute Gasteiger partial charge is 0.407 e. The van der Waals surface area contributed by atoms with Crippen molar-refractivity contribution < 1.29 is 42.9 Å². The van der Waals surface area contributed by atoms with Crippen LogP contribution >= 0.6 is 11.8 Å². The summed E-state index contributed by atoms with van der Waals surface area (Å²) in [5.41, 5.74) is 8.25. The lowest BCUT2D eigenvalue weighted by Crippen LogP contribution is -2.56. The standard InChI is InChI=1S/C41H61N5O9S/c1-23(2)13-14-33-40(6,55-33)35-34(51-7)32(15-17-41(35)22-53-41)54-39(50)46-31(24(3)4)21-52-38(49)25(5)44-37(48)30(45-36(47)28(42)16-18-56-8)19-26-20-43-29-12-10-9-11-27(26)29/h9-13,20,24-25,28,30-35,43H,14-19,21-22,42H2,1-8H3,(H,44,48)(H,45,47)(H,46,50). The average molecular weight is 800 g/mol. The zero-order valence-corrected chi connectivity index (χ0v) is 34.8. The number of alkyl carbamates (subject to hydrolysis) is 1. The molecule has 1 spiro atoms. The lowest BCUT2D eigenvalue weighted by Gasteiger charge is -2.42. The van der Waals surface area contributed by atoms with E-state index in [-0.39, 0.29) is 36.6 Å². The van der Waals surface area contributed by atoms with Crippen LogP contribution in [0.3, 0.4) is 0 Å². The first-order valence-corrected chi connectivity index (χ1v) is 21.0. The summed E-state index contributed by atoms with van der Waals surface area (Å²) in [4.78, 5) is 56.5. The molecule has 1 saturated carbocycles. The van der Waals surface area contributed by atoms with Gasteiger partial charge in [-0.1, -0.05) is 43.7 Å². The number of carbonyl (C=O) groups is 4. The van der Waals surface area contributed by atoms with Gasteiger partial charge >= 0.3 is 12.1 Å². The number of ether oxygens (including phenoxy) is 5. The number of aromatic nitrogens is 1. The van der Waals surface area contributed by atoms with Crippen LogP contribution in [0.5, 0.6) is 0 Å². The first kappa shape index (κ1) is 43.5. The SMILES string of the molecule is COC1C(OC(=O)NC(COC(=O)C(C)NC(=O)C(Cc2c[nH]c3ccccc23)NC(=O)C(N)CCSC)C(C)C)CCC2(CO2)C1C1(C)OC1CC=C(C)C. The number of thioether (sulfide) groups is 1. The molecule has 1 aromatic heterocycles. The summed E-state index contributed by atoms with van der Waals surface area (Å²) in [5, 5.41) is 9.30. The van der Waals surface area contributed by atoms with Crippen molar-refractivity contribution in [2.24, 2.45) is 17.6 Å². The molecule has 310 valence electrons. The summed E-state index contributed by atoms with van der Waals surface area (Å²) in [6, 6.07) is 4.23. The van der Waals surface area contributed by atoms with Crippen molar-refractivity contribution in [2.45, 2.75) is 127 Å². The molecule has 3 amide bonds. The van der Waals surface area contributed by atoms with Crippen molar-refractivity contribution in [3.63, 3.8) is 0 Å². The number of epoxide rings is 2. The highest BCUT2D eigenvalue weighted by atomic mass is 32.2. The quantitative estimate of drug-likeness (QED) is 0.0778. The minimum absolute atomic E-state index is 0.0260. The van der Waals surface area contributed by atoms with Gasteiger partial charge in [-0.15, -0.1) is 0 Å². The van der Waals surface area contributed by atoms with Crippen LogP contribution in [0.15, 0.2) is 42.1 Å². The summed E-state index contributed by atoms with van der Waals surface area (Å²) in [6.45, 7) is 12.0. The van der Waals surface area contributed by atoms with Crippen LogP contribution in [-0.4, -0.2) is 115 Å². The van der Waals surface area contributed by atoms with Crippen molar-refractivity contribution in [3.05, 3.63) is 47.7 Å². The number of H-pyrrole nitrogens is 1. The zero-order valence-electron chi connectivity index (χ0n) is 34.0. The number of amides is 3. The third-order valence-corrected chi connectivity index (χ3v) is 12.1. The minimum atomic E-state index is -1.06. The molecule has 0 bridgehead atoms. The number of methoxy groups -OCH3 is 1. The Morgan fingerprint density at radius 3 is 2.50 bits per heavy atom. The number of allylic oxidation sites excluding steroid dienone is 1. The van der Waals surface area contributed by atoms with Crippen molar-refractivity contribution in [1.82, 2.24) is 20.9 Å². The molecule has 56 heavy (non-hydrogen) atoms. The Morgan fingerprint density at radius 2 is 1.84 bits per heavy atom. The largest absolute Gasteiger partial charge is 0.462 e. The van der Waals surface area contributed by atoms with Crippen LogP contribution in [0.2, 0.25) is 0 Å². The Bertz CT molecular complexity index is 1730. The molecule has 2 aliphatic heterocycles. The lowest BCUT2D eigenvalue weighted by atomic mass is 9.68. The highest BCUT2D eigenvalue weighted by molar-refractivity contribution is 7.98. The number of carbonyl (C=O) groups excluding carboxylic acids is 4. The second kappa shape index (κ2) is 18.8. The summed E-state index contributed by atoms with van der Waals surface area (Å²) >= 11 is 1.58. The number of hydrogen-bond donors (Lipinski definition) is 5. The van der Waals surface area contributed by atoms with Gasteiger partial charge in [-0.25, -0.2) is 9.59 Å². The predicted octanol–water partition coefficient (Wildman–Crippen LogP) is 4.15. The van der Waals surface area contributed by atoms with Gasteiger partial charge in [0.15, 0.2) is 0 Å². The van der Waals surface area contributed by atoms with Gasteiger partial charge in [0, 0.05) is 30.6 Å². The number of benzene rings is 1. The van der Waals surface area contributed by atoms with Crippen LogP contribution in [0.4, 0.5) is 4.79 Å². The van der Waals surface area contributed by atoms with E-state index in [1.165, 1.54) is 12.5 Å². The van der Waals surface area contributed by atoms with Crippen molar-refractivity contribution in [1.29, 1.82) is 0 Å². The van der Waals surface area contributed by atoms with E-state index in [0.29, 0.717) is 25.2 Å². The van der Waals surface area contributed by atoms with E-state index in [2.05, 4.69) is 47.8 Å². The lowest BCUT2D eigenvalue weighted by molar-refractivity contribution is -0.148. The maximum absolute atomic E-state index is 13.6. The highest BCUT2D eigenvalue weighted by Crippen LogP contribution is 2.59. The Morgan fingerprint density at radius 1 is 1.11 bits per heavy atom. The van der Waals surface area contributed by atoms with Gasteiger partial charge in [-0.05, 0) is 82.9 Å². The molecular formula is C41H61N5O9S. The Hall–Kier alpha value is -3.63. The van der Waals surface area contributed by atoms with Crippen LogP contribution in [0.1, 0.15) is 72.8 Å². The molecule has 10 atom stereocenters. The summed E-state index contributed by atoms with van der Waals surface area (Å²) in [6.07, 6.45) is 7.01. The van der Waals surface area contributed by atoms with Crippen LogP contribution in [-0.2, 0) is 44.5 Å². The number of hydrogen-bond acceptors (Lipinski definition) is 11. The minimum Gasteiger partial charge on any atom is -0.462 e. The van der Waals surface area contributed by atoms with Crippen LogP contribution in [0, 0.1) is 11.8 Å². The second-order valence-electron chi connectivity index (χ2n) is 16.2. The Kier molecular flexibility index (Phi) is 14.6. The molecule has 1 aromatic carbocycles. The van der Waals surface area contributed by atoms with E-state index in [1.807, 2.05) is 44.4 Å². The van der Waals surface area contributed by atoms with Gasteiger partial charge in [0.05, 0.1) is 30.7 Å². The molecule has 6 N–H and O–H groups in total. The fraction of sp³-hybridized carbons (Fsp3) is 0.659. The number of rotatable bonds is 19. The molecule has 2 aromatic rings. The van der Waals surface area contributed by atoms with Gasteiger partial charge in [0.1, 0.15) is 42.1 Å². The molecule has 5 rings (SSSR count). The van der Waals surface area contributed by atoms with E-state index in [9.17, 15) is 19.2 Å². The number of fused-ring (bicyclic) bond motifs is 1. The van der Waals surface area contributed by atoms with Gasteiger partial charge in [-0.2, -0.15) is 11.8 Å². The van der Waals surface area contributed by atoms with E-state index in [0.717, 1.165) is 29.3 Å². The molecule has 14 nitrogen and oxygen atoms in total. The van der Waals surface area contributed by atoms with E-state index >= 15 is 0 Å². The van der Waals surface area contributed by atoms with Crippen molar-refractivity contribution >= 4 is 46.5 Å². The molecule has 10 unspecified atom stereocenters. The van der Waals surface area contributed by atoms with Gasteiger partial charge in [-0.3, -0.25) is 9.59 Å². The second-order valence-corrected chi connectivity index (χ2v) is 17.2. The first-order valence-electron chi connectivity index (χ1n) is 19.6. The van der Waals surface area contributed by atoms with E-state index in [1.54, 1.807) is 25.1 Å². The molecular weight excluding hydrogens is 739 g/mol. The molecule has 0 radical (unpaired) electrons. The monoisotopic (exact) mass is 799 g/mol. The number of para-hydroxylation sites is 1. The van der Waals surface area contributed by atoms with Crippen molar-refractivity contribution in [3.8, 4) is 0 Å². The maximum Gasteiger partial charge on any atom is 0.407 e. The molecule has 1 aliphatic carbocycles. The number of nitrogens with one attached hydrogen (secondary N) is 4.